The molecule has 0 radical (unpaired) electrons. The minimum absolute atomic E-state index is 0.201. The van der Waals surface area contributed by atoms with E-state index in [4.69, 9.17) is 4.74 Å². The third-order valence-electron chi connectivity index (χ3n) is 5.54. The van der Waals surface area contributed by atoms with Crippen molar-refractivity contribution >= 4 is 17.1 Å². The molecule has 0 spiro atoms. The fourth-order valence-electron chi connectivity index (χ4n) is 4.03. The third kappa shape index (κ3) is 4.48. The topological polar surface area (TPSA) is 96.9 Å². The summed E-state index contributed by atoms with van der Waals surface area (Å²) < 4.78 is 7.20. The van der Waals surface area contributed by atoms with Crippen LogP contribution < -0.4 is 21.1 Å². The largest absolute Gasteiger partial charge is 0.496 e. The predicted octanol–water partition coefficient (Wildman–Crippen LogP) is 2.40. The molecule has 8 nitrogen and oxygen atoms in total. The van der Waals surface area contributed by atoms with Gasteiger partial charge in [-0.25, -0.2) is 9.78 Å². The van der Waals surface area contributed by atoms with E-state index in [0.717, 1.165) is 43.8 Å². The van der Waals surface area contributed by atoms with Crippen LogP contribution in [0.1, 0.15) is 31.4 Å². The zero-order chi connectivity index (χ0) is 21.1. The summed E-state index contributed by atoms with van der Waals surface area (Å²) in [6, 6.07) is 6.19. The van der Waals surface area contributed by atoms with Gasteiger partial charge in [-0.2, -0.15) is 4.98 Å². The van der Waals surface area contributed by atoms with E-state index < -0.39 is 0 Å². The van der Waals surface area contributed by atoms with E-state index in [0.29, 0.717) is 35.5 Å². The maximum Gasteiger partial charge on any atom is 0.328 e. The highest BCUT2D eigenvalue weighted by atomic mass is 16.5. The molecule has 1 aliphatic rings. The lowest BCUT2D eigenvalue weighted by Crippen LogP contribution is -2.19. The van der Waals surface area contributed by atoms with Gasteiger partial charge in [-0.15, -0.1) is 0 Å². The van der Waals surface area contributed by atoms with Crippen molar-refractivity contribution < 1.29 is 4.74 Å². The van der Waals surface area contributed by atoms with Gasteiger partial charge < -0.3 is 20.4 Å². The van der Waals surface area contributed by atoms with Gasteiger partial charge in [0.25, 0.3) is 0 Å². The fraction of sp³-hybridized carbons (Fsp3) is 0.500. The molecule has 1 fully saturated rings. The Morgan fingerprint density at radius 2 is 2.23 bits per heavy atom. The third-order valence-corrected chi connectivity index (χ3v) is 5.54. The molecule has 30 heavy (non-hydrogen) atoms. The summed E-state index contributed by atoms with van der Waals surface area (Å²) in [5.74, 6) is 2.44. The van der Waals surface area contributed by atoms with Gasteiger partial charge in [0.1, 0.15) is 11.3 Å². The van der Waals surface area contributed by atoms with Gasteiger partial charge in [0.05, 0.1) is 19.9 Å². The number of hydrogen-bond acceptors (Lipinski definition) is 6. The number of rotatable bonds is 8. The van der Waals surface area contributed by atoms with Gasteiger partial charge in [-0.3, -0.25) is 4.57 Å². The molecule has 0 bridgehead atoms. The quantitative estimate of drug-likeness (QED) is 0.528. The molecule has 0 saturated carbocycles. The minimum atomic E-state index is -0.201. The summed E-state index contributed by atoms with van der Waals surface area (Å²) in [6.45, 7) is 7.66. The molecule has 1 atom stereocenters. The summed E-state index contributed by atoms with van der Waals surface area (Å²) in [7, 11) is 1.65. The average molecular weight is 411 g/mol. The molecule has 4 rings (SSSR count). The highest BCUT2D eigenvalue weighted by Crippen LogP contribution is 2.23. The summed E-state index contributed by atoms with van der Waals surface area (Å²) in [6.07, 6.45) is 3.80. The van der Waals surface area contributed by atoms with Gasteiger partial charge in [-0.1, -0.05) is 26.0 Å². The molecule has 3 heterocycles. The second-order valence-electron chi connectivity index (χ2n) is 8.43. The Hall–Kier alpha value is -2.87. The van der Waals surface area contributed by atoms with Crippen LogP contribution in [0.4, 0.5) is 5.95 Å². The van der Waals surface area contributed by atoms with E-state index in [1.807, 2.05) is 6.07 Å². The van der Waals surface area contributed by atoms with Crippen molar-refractivity contribution in [1.29, 1.82) is 0 Å². The zero-order valence-electron chi connectivity index (χ0n) is 17.9. The maximum atomic E-state index is 12.7. The number of H-pyrrole nitrogens is 1. The Labute approximate surface area is 176 Å². The van der Waals surface area contributed by atoms with Crippen molar-refractivity contribution in [3.05, 3.63) is 46.0 Å². The van der Waals surface area contributed by atoms with E-state index in [1.54, 1.807) is 17.9 Å². The molecule has 3 N–H and O–H groups in total. The first kappa shape index (κ1) is 20.4. The van der Waals surface area contributed by atoms with Crippen LogP contribution in [-0.4, -0.2) is 46.3 Å². The van der Waals surface area contributed by atoms with Crippen LogP contribution in [0, 0.1) is 11.8 Å². The lowest BCUT2D eigenvalue weighted by molar-refractivity contribution is 0.408. The number of methoxy groups -OCH3 is 1. The number of imidazole rings is 1. The highest BCUT2D eigenvalue weighted by molar-refractivity contribution is 5.71. The maximum absolute atomic E-state index is 12.7. The predicted molar refractivity (Wildman–Crippen MR) is 118 cm³/mol. The van der Waals surface area contributed by atoms with Crippen molar-refractivity contribution in [2.24, 2.45) is 11.8 Å². The Bertz CT molecular complexity index is 1070. The van der Waals surface area contributed by atoms with Crippen LogP contribution in [0.2, 0.25) is 0 Å². The average Bonchev–Trinajstić information content (AvgIpc) is 3.34. The van der Waals surface area contributed by atoms with E-state index >= 15 is 0 Å². The summed E-state index contributed by atoms with van der Waals surface area (Å²) >= 11 is 0. The molecule has 0 amide bonds. The number of ether oxygens (including phenoxy) is 1. The van der Waals surface area contributed by atoms with Crippen LogP contribution in [0.25, 0.3) is 11.2 Å². The molecular weight excluding hydrogens is 380 g/mol. The van der Waals surface area contributed by atoms with Crippen molar-refractivity contribution in [3.8, 4) is 5.75 Å². The summed E-state index contributed by atoms with van der Waals surface area (Å²) in [4.78, 5) is 24.5. The lowest BCUT2D eigenvalue weighted by Gasteiger charge is -2.13. The first-order valence-electron chi connectivity index (χ1n) is 10.6. The monoisotopic (exact) mass is 410 g/mol. The number of nitrogens with one attached hydrogen (secondary N) is 3. The second-order valence-corrected chi connectivity index (χ2v) is 8.43. The standard InChI is InChI=1S/C22H30N6O2/c1-14(2)8-15-4-5-19(30-3)17(9-15)13-28-20-18(26-22(28)29)12-25-21(27-20)24-11-16-6-7-23-10-16/h4-5,9,12,14,16,23H,6-8,10-11,13H2,1-3H3,(H,26,29)(H,24,25,27)/t16-/m1/s1. The molecular formula is C22H30N6O2. The molecule has 0 unspecified atom stereocenters. The smallest absolute Gasteiger partial charge is 0.328 e. The number of nitrogens with zero attached hydrogens (tertiary/aromatic N) is 3. The van der Waals surface area contributed by atoms with Gasteiger partial charge >= 0.3 is 5.69 Å². The Balaban J connectivity index is 1.62. The van der Waals surface area contributed by atoms with Crippen molar-refractivity contribution in [1.82, 2.24) is 24.8 Å². The first-order chi connectivity index (χ1) is 14.5. The van der Waals surface area contributed by atoms with Crippen LogP contribution in [0.3, 0.4) is 0 Å². The minimum Gasteiger partial charge on any atom is -0.496 e. The van der Waals surface area contributed by atoms with E-state index in [1.165, 1.54) is 5.56 Å². The second kappa shape index (κ2) is 8.87. The van der Waals surface area contributed by atoms with Gasteiger partial charge in [0.2, 0.25) is 5.95 Å². The number of hydrogen-bond donors (Lipinski definition) is 3. The zero-order valence-corrected chi connectivity index (χ0v) is 17.9. The molecule has 160 valence electrons. The summed E-state index contributed by atoms with van der Waals surface area (Å²) in [5.41, 5.74) is 3.22. The Morgan fingerprint density at radius 3 is 2.97 bits per heavy atom. The first-order valence-corrected chi connectivity index (χ1v) is 10.6. The number of anilines is 1. The summed E-state index contributed by atoms with van der Waals surface area (Å²) in [5, 5.41) is 6.68. The Morgan fingerprint density at radius 1 is 1.37 bits per heavy atom. The number of aromatic amines is 1. The highest BCUT2D eigenvalue weighted by Gasteiger charge is 2.16. The van der Waals surface area contributed by atoms with Crippen molar-refractivity contribution in [2.75, 3.05) is 32.1 Å². The normalized spacial score (nSPS) is 16.5. The van der Waals surface area contributed by atoms with Crippen LogP contribution >= 0.6 is 0 Å². The number of aromatic nitrogens is 4. The molecule has 8 heteroatoms. The Kier molecular flexibility index (Phi) is 6.03. The van der Waals surface area contributed by atoms with Crippen LogP contribution in [-0.2, 0) is 13.0 Å². The molecule has 0 aliphatic carbocycles. The number of fused-ring (bicyclic) bond motifs is 1. The molecule has 1 saturated heterocycles. The molecule has 1 aliphatic heterocycles. The van der Waals surface area contributed by atoms with Crippen molar-refractivity contribution in [2.45, 2.75) is 33.2 Å². The molecule has 2 aromatic heterocycles. The van der Waals surface area contributed by atoms with E-state index in [2.05, 4.69) is 51.6 Å². The molecule has 1 aromatic carbocycles. The van der Waals surface area contributed by atoms with Crippen LogP contribution in [0.5, 0.6) is 5.75 Å². The van der Waals surface area contributed by atoms with Gasteiger partial charge in [0, 0.05) is 12.1 Å². The van der Waals surface area contributed by atoms with Gasteiger partial charge in [-0.05, 0) is 49.4 Å². The molecule has 3 aromatic rings. The van der Waals surface area contributed by atoms with Gasteiger partial charge in [0.15, 0.2) is 5.65 Å². The number of benzene rings is 1. The SMILES string of the molecule is COc1ccc(CC(C)C)cc1Cn1c(=O)[nH]c2cnc(NC[C@@H]3CCNC3)nc21. The fourth-order valence-corrected chi connectivity index (χ4v) is 4.03. The van der Waals surface area contributed by atoms with E-state index in [9.17, 15) is 4.79 Å². The van der Waals surface area contributed by atoms with Crippen LogP contribution in [0.15, 0.2) is 29.2 Å². The van der Waals surface area contributed by atoms with Crippen molar-refractivity contribution in [3.63, 3.8) is 0 Å². The lowest BCUT2D eigenvalue weighted by atomic mass is 10.0. The van der Waals surface area contributed by atoms with E-state index in [-0.39, 0.29) is 5.69 Å².